The molecule has 9 nitrogen and oxygen atoms in total. The van der Waals surface area contributed by atoms with Crippen molar-refractivity contribution >= 4 is 29.4 Å². The van der Waals surface area contributed by atoms with Gasteiger partial charge in [0.2, 0.25) is 0 Å². The Morgan fingerprint density at radius 1 is 1.07 bits per heavy atom. The van der Waals surface area contributed by atoms with Gasteiger partial charge >= 0.3 is 17.6 Å². The summed E-state index contributed by atoms with van der Waals surface area (Å²) in [5.41, 5.74) is 0.0567. The van der Waals surface area contributed by atoms with Crippen molar-refractivity contribution in [3.8, 4) is 0 Å². The summed E-state index contributed by atoms with van der Waals surface area (Å²) in [7, 11) is 0. The maximum atomic E-state index is 12.7. The molecule has 0 saturated heterocycles. The Morgan fingerprint density at radius 2 is 1.67 bits per heavy atom. The third-order valence-corrected chi connectivity index (χ3v) is 5.45. The Labute approximate surface area is 177 Å². The van der Waals surface area contributed by atoms with Crippen molar-refractivity contribution in [1.29, 1.82) is 0 Å². The second kappa shape index (κ2) is 11.1. The summed E-state index contributed by atoms with van der Waals surface area (Å²) in [6.45, 7) is 3.15. The number of nitrogens with zero attached hydrogens (tertiary/aromatic N) is 2. The molecule has 1 heterocycles. The van der Waals surface area contributed by atoms with Gasteiger partial charge in [0, 0.05) is 17.9 Å². The predicted octanol–water partition coefficient (Wildman–Crippen LogP) is 2.95. The number of hydrogen-bond acceptors (Lipinski definition) is 8. The zero-order valence-electron chi connectivity index (χ0n) is 16.6. The molecule has 0 aliphatic heterocycles. The van der Waals surface area contributed by atoms with E-state index in [1.54, 1.807) is 13.8 Å². The van der Waals surface area contributed by atoms with E-state index in [0.29, 0.717) is 10.5 Å². The molecule has 0 saturated carbocycles. The number of aromatic nitrogens is 1. The normalized spacial score (nSPS) is 11.7. The van der Waals surface area contributed by atoms with Crippen LogP contribution >= 0.6 is 11.8 Å². The molecule has 1 unspecified atom stereocenters. The Balaban J connectivity index is 2.57. The Morgan fingerprint density at radius 3 is 2.20 bits per heavy atom. The van der Waals surface area contributed by atoms with Gasteiger partial charge in [-0.25, -0.2) is 0 Å². The second-order valence-electron chi connectivity index (χ2n) is 6.06. The Bertz CT molecular complexity index is 874. The molecule has 10 heteroatoms. The zero-order valence-corrected chi connectivity index (χ0v) is 17.4. The van der Waals surface area contributed by atoms with Crippen LogP contribution in [-0.4, -0.2) is 30.1 Å². The van der Waals surface area contributed by atoms with Gasteiger partial charge in [0.1, 0.15) is 5.25 Å². The second-order valence-corrected chi connectivity index (χ2v) is 7.19. The lowest BCUT2D eigenvalue weighted by Crippen LogP contribution is -2.40. The Kier molecular flexibility index (Phi) is 8.60. The summed E-state index contributed by atoms with van der Waals surface area (Å²) in [6, 6.07) is 11.5. The van der Waals surface area contributed by atoms with Crippen molar-refractivity contribution in [2.45, 2.75) is 24.9 Å². The first-order valence-electron chi connectivity index (χ1n) is 9.25. The SMILES string of the molecule is CCOC(=O)C(C(=O)OCC)C(SCc1ccccc1)c1c([N+](=O)[O-])ccc[n+]1[O-]. The molecule has 2 aromatic rings. The largest absolute Gasteiger partial charge is 0.618 e. The number of carbonyl (C=O) groups is 2. The van der Waals surface area contributed by atoms with E-state index in [-0.39, 0.29) is 18.9 Å². The lowest BCUT2D eigenvalue weighted by molar-refractivity contribution is -0.618. The van der Waals surface area contributed by atoms with Crippen molar-refractivity contribution in [3.63, 3.8) is 0 Å². The molecule has 1 atom stereocenters. The van der Waals surface area contributed by atoms with E-state index >= 15 is 0 Å². The summed E-state index contributed by atoms with van der Waals surface area (Å²) in [5, 5.41) is 22.9. The molecule has 0 radical (unpaired) electrons. The van der Waals surface area contributed by atoms with Gasteiger partial charge in [-0.1, -0.05) is 30.3 Å². The van der Waals surface area contributed by atoms with Gasteiger partial charge < -0.3 is 14.7 Å². The van der Waals surface area contributed by atoms with Gasteiger partial charge in [0.25, 0.3) is 5.69 Å². The lowest BCUT2D eigenvalue weighted by Gasteiger charge is -2.22. The highest BCUT2D eigenvalue weighted by Crippen LogP contribution is 2.41. The monoisotopic (exact) mass is 434 g/mol. The van der Waals surface area contributed by atoms with Gasteiger partial charge in [0.05, 0.1) is 18.1 Å². The molecule has 160 valence electrons. The van der Waals surface area contributed by atoms with E-state index in [4.69, 9.17) is 9.47 Å². The molecule has 30 heavy (non-hydrogen) atoms. The molecule has 0 aliphatic carbocycles. The van der Waals surface area contributed by atoms with Crippen LogP contribution in [0.15, 0.2) is 48.7 Å². The highest BCUT2D eigenvalue weighted by Gasteiger charge is 2.46. The van der Waals surface area contributed by atoms with Crippen LogP contribution in [0.2, 0.25) is 0 Å². The number of esters is 2. The van der Waals surface area contributed by atoms with Crippen LogP contribution in [0, 0.1) is 21.2 Å². The number of ether oxygens (including phenoxy) is 2. The average Bonchev–Trinajstić information content (AvgIpc) is 2.72. The van der Waals surface area contributed by atoms with Gasteiger partial charge in [-0.3, -0.25) is 19.7 Å². The molecule has 2 rings (SSSR count). The molecule has 1 aromatic heterocycles. The van der Waals surface area contributed by atoms with Crippen LogP contribution in [0.25, 0.3) is 0 Å². The summed E-state index contributed by atoms with van der Waals surface area (Å²) >= 11 is 1.06. The number of nitro groups is 1. The van der Waals surface area contributed by atoms with E-state index < -0.39 is 33.7 Å². The van der Waals surface area contributed by atoms with E-state index in [1.165, 1.54) is 6.07 Å². The number of carbonyl (C=O) groups excluding carboxylic acids is 2. The number of benzene rings is 1. The van der Waals surface area contributed by atoms with Crippen LogP contribution in [-0.2, 0) is 24.8 Å². The van der Waals surface area contributed by atoms with Gasteiger partial charge in [-0.2, -0.15) is 4.73 Å². The van der Waals surface area contributed by atoms with E-state index in [9.17, 15) is 24.9 Å². The van der Waals surface area contributed by atoms with Crippen molar-refractivity contribution in [3.05, 3.63) is 75.2 Å². The highest BCUT2D eigenvalue weighted by molar-refractivity contribution is 7.98. The van der Waals surface area contributed by atoms with Crippen LogP contribution < -0.4 is 4.73 Å². The fraction of sp³-hybridized carbons (Fsp3) is 0.350. The van der Waals surface area contributed by atoms with Crippen molar-refractivity contribution in [2.75, 3.05) is 13.2 Å². The Hall–Kier alpha value is -3.14. The average molecular weight is 434 g/mol. The zero-order chi connectivity index (χ0) is 22.1. The fourth-order valence-corrected chi connectivity index (χ4v) is 4.18. The van der Waals surface area contributed by atoms with Crippen molar-refractivity contribution < 1.29 is 28.7 Å². The van der Waals surface area contributed by atoms with Gasteiger partial charge in [0.15, 0.2) is 12.1 Å². The number of pyridine rings is 1. The lowest BCUT2D eigenvalue weighted by atomic mass is 10.0. The van der Waals surface area contributed by atoms with Crippen LogP contribution in [0.3, 0.4) is 0 Å². The third kappa shape index (κ3) is 5.69. The van der Waals surface area contributed by atoms with Crippen molar-refractivity contribution in [2.24, 2.45) is 5.92 Å². The minimum Gasteiger partial charge on any atom is -0.618 e. The molecular formula is C20H22N2O7S. The summed E-state index contributed by atoms with van der Waals surface area (Å²) in [5.74, 6) is -3.05. The topological polar surface area (TPSA) is 123 Å². The molecule has 0 N–H and O–H groups in total. The highest BCUT2D eigenvalue weighted by atomic mass is 32.2. The minimum absolute atomic E-state index is 0.000924. The molecular weight excluding hydrogens is 412 g/mol. The number of hydrogen-bond donors (Lipinski definition) is 0. The first-order valence-corrected chi connectivity index (χ1v) is 10.3. The smallest absolute Gasteiger partial charge is 0.338 e. The molecule has 0 bridgehead atoms. The van der Waals surface area contributed by atoms with E-state index in [2.05, 4.69) is 0 Å². The standard InChI is InChI=1S/C20H22N2O7S/c1-3-28-19(23)16(20(24)29-4-2)18(30-13-14-9-6-5-7-10-14)17-15(22(26)27)11-8-12-21(17)25/h5-12,16,18H,3-4,13H2,1-2H3. The molecule has 1 aromatic carbocycles. The van der Waals surface area contributed by atoms with Crippen LogP contribution in [0.4, 0.5) is 5.69 Å². The van der Waals surface area contributed by atoms with Gasteiger partial charge in [-0.05, 0) is 19.4 Å². The first kappa shape index (κ1) is 23.1. The van der Waals surface area contributed by atoms with E-state index in [0.717, 1.165) is 29.6 Å². The summed E-state index contributed by atoms with van der Waals surface area (Å²) in [6.07, 6.45) is 1.09. The summed E-state index contributed by atoms with van der Waals surface area (Å²) in [4.78, 5) is 36.2. The molecule has 0 aliphatic rings. The van der Waals surface area contributed by atoms with Crippen LogP contribution in [0.5, 0.6) is 0 Å². The predicted molar refractivity (Wildman–Crippen MR) is 109 cm³/mol. The molecule has 0 spiro atoms. The van der Waals surface area contributed by atoms with Gasteiger partial charge in [-0.15, -0.1) is 11.8 Å². The maximum absolute atomic E-state index is 12.7. The number of thioether (sulfide) groups is 1. The van der Waals surface area contributed by atoms with Crippen molar-refractivity contribution in [1.82, 2.24) is 0 Å². The molecule has 0 amide bonds. The number of rotatable bonds is 10. The summed E-state index contributed by atoms with van der Waals surface area (Å²) < 4.78 is 10.4. The maximum Gasteiger partial charge on any atom is 0.338 e. The fourth-order valence-electron chi connectivity index (χ4n) is 2.82. The van der Waals surface area contributed by atoms with Crippen LogP contribution in [0.1, 0.15) is 30.4 Å². The third-order valence-electron chi connectivity index (χ3n) is 4.10. The molecule has 0 fully saturated rings. The van der Waals surface area contributed by atoms with E-state index in [1.807, 2.05) is 30.3 Å². The quantitative estimate of drug-likeness (QED) is 0.140. The minimum atomic E-state index is -1.54. The first-order chi connectivity index (χ1) is 14.4.